The maximum absolute atomic E-state index is 12.9. The molecule has 0 fully saturated rings. The molecule has 6 heteroatoms. The van der Waals surface area contributed by atoms with Crippen molar-refractivity contribution < 1.29 is 28.6 Å². The van der Waals surface area contributed by atoms with E-state index in [0.717, 1.165) is 128 Å². The molecule has 0 aliphatic heterocycles. The van der Waals surface area contributed by atoms with Crippen molar-refractivity contribution in [3.8, 4) is 0 Å². The number of rotatable bonds is 57. The second-order valence-corrected chi connectivity index (χ2v) is 20.9. The van der Waals surface area contributed by atoms with Gasteiger partial charge in [0.25, 0.3) is 0 Å². The van der Waals surface area contributed by atoms with Gasteiger partial charge in [0.1, 0.15) is 13.2 Å². The van der Waals surface area contributed by atoms with Crippen LogP contribution in [0.25, 0.3) is 0 Å². The molecule has 79 heavy (non-hydrogen) atoms. The van der Waals surface area contributed by atoms with E-state index in [-0.39, 0.29) is 37.5 Å². The van der Waals surface area contributed by atoms with Crippen LogP contribution in [0.4, 0.5) is 0 Å². The minimum absolute atomic E-state index is 0.104. The van der Waals surface area contributed by atoms with Crippen LogP contribution in [-0.4, -0.2) is 37.2 Å². The lowest BCUT2D eigenvalue weighted by atomic mass is 10.1. The molecule has 0 aliphatic rings. The number of carbonyl (C=O) groups is 3. The molecule has 446 valence electrons. The van der Waals surface area contributed by atoms with Crippen molar-refractivity contribution in [2.75, 3.05) is 13.2 Å². The first kappa shape index (κ1) is 74.3. The maximum atomic E-state index is 12.9. The number of esters is 3. The van der Waals surface area contributed by atoms with E-state index < -0.39 is 6.10 Å². The Morgan fingerprint density at radius 1 is 0.266 bits per heavy atom. The van der Waals surface area contributed by atoms with E-state index in [1.165, 1.54) is 103 Å². The summed E-state index contributed by atoms with van der Waals surface area (Å²) < 4.78 is 16.8. The van der Waals surface area contributed by atoms with Gasteiger partial charge in [-0.1, -0.05) is 282 Å². The molecule has 0 N–H and O–H groups in total. The zero-order valence-corrected chi connectivity index (χ0v) is 51.1. The third kappa shape index (κ3) is 64.0. The molecule has 1 atom stereocenters. The van der Waals surface area contributed by atoms with Gasteiger partial charge in [0, 0.05) is 19.3 Å². The Balaban J connectivity index is 4.44. The number of hydrogen-bond acceptors (Lipinski definition) is 6. The highest BCUT2D eigenvalue weighted by molar-refractivity contribution is 5.71. The Kier molecular flexibility index (Phi) is 61.9. The van der Waals surface area contributed by atoms with Crippen molar-refractivity contribution in [3.05, 3.63) is 146 Å². The lowest BCUT2D eigenvalue weighted by Crippen LogP contribution is -2.30. The van der Waals surface area contributed by atoms with Gasteiger partial charge in [0.15, 0.2) is 6.10 Å². The molecule has 0 rings (SSSR count). The Hall–Kier alpha value is -4.71. The predicted molar refractivity (Wildman–Crippen MR) is 343 cm³/mol. The van der Waals surface area contributed by atoms with Gasteiger partial charge in [-0.05, 0) is 122 Å². The molecule has 0 aromatic carbocycles. The summed E-state index contributed by atoms with van der Waals surface area (Å²) in [7, 11) is 0. The number of hydrogen-bond donors (Lipinski definition) is 0. The Morgan fingerprint density at radius 2 is 0.506 bits per heavy atom. The number of ether oxygens (including phenoxy) is 3. The van der Waals surface area contributed by atoms with Crippen molar-refractivity contribution in [2.45, 2.75) is 284 Å². The van der Waals surface area contributed by atoms with Gasteiger partial charge in [0.05, 0.1) is 0 Å². The van der Waals surface area contributed by atoms with Crippen LogP contribution in [0.15, 0.2) is 146 Å². The molecule has 0 aliphatic carbocycles. The minimum atomic E-state index is -0.814. The van der Waals surface area contributed by atoms with Gasteiger partial charge in [0.2, 0.25) is 0 Å². The van der Waals surface area contributed by atoms with E-state index in [1.807, 2.05) is 0 Å². The first-order valence-electron chi connectivity index (χ1n) is 32.3. The van der Waals surface area contributed by atoms with E-state index in [1.54, 1.807) is 0 Å². The van der Waals surface area contributed by atoms with Crippen LogP contribution in [0.3, 0.4) is 0 Å². The molecule has 0 radical (unpaired) electrons. The van der Waals surface area contributed by atoms with Gasteiger partial charge < -0.3 is 14.2 Å². The van der Waals surface area contributed by atoms with E-state index in [4.69, 9.17) is 14.2 Å². The predicted octanol–water partition coefficient (Wildman–Crippen LogP) is 22.3. The number of carbonyl (C=O) groups excluding carboxylic acids is 3. The highest BCUT2D eigenvalue weighted by atomic mass is 16.6. The maximum Gasteiger partial charge on any atom is 0.306 e. The fourth-order valence-electron chi connectivity index (χ4n) is 8.51. The Bertz CT molecular complexity index is 1730. The van der Waals surface area contributed by atoms with Crippen LogP contribution in [0, 0.1) is 0 Å². The first-order chi connectivity index (χ1) is 39.0. The smallest absolute Gasteiger partial charge is 0.306 e. The van der Waals surface area contributed by atoms with Gasteiger partial charge in [-0.15, -0.1) is 0 Å². The average Bonchev–Trinajstić information content (AvgIpc) is 3.45. The van der Waals surface area contributed by atoms with E-state index >= 15 is 0 Å². The summed E-state index contributed by atoms with van der Waals surface area (Å²) in [4.78, 5) is 38.2. The molecule has 0 saturated carbocycles. The van der Waals surface area contributed by atoms with Crippen LogP contribution in [-0.2, 0) is 28.6 Å². The Labute approximate surface area is 487 Å². The molecular weight excluding hydrogens is 973 g/mol. The largest absolute Gasteiger partial charge is 0.462 e. The van der Waals surface area contributed by atoms with Crippen molar-refractivity contribution >= 4 is 17.9 Å². The van der Waals surface area contributed by atoms with Gasteiger partial charge >= 0.3 is 17.9 Å². The van der Waals surface area contributed by atoms with E-state index in [0.29, 0.717) is 19.3 Å². The molecule has 0 aromatic heterocycles. The summed E-state index contributed by atoms with van der Waals surface area (Å²) in [6.07, 6.45) is 94.3. The summed E-state index contributed by atoms with van der Waals surface area (Å²) >= 11 is 0. The summed E-state index contributed by atoms with van der Waals surface area (Å²) in [5.74, 6) is -0.981. The van der Waals surface area contributed by atoms with Gasteiger partial charge in [-0.2, -0.15) is 0 Å². The second kappa shape index (κ2) is 65.8. The molecule has 0 spiro atoms. The summed E-state index contributed by atoms with van der Waals surface area (Å²) in [5, 5.41) is 0. The fourth-order valence-corrected chi connectivity index (χ4v) is 8.51. The van der Waals surface area contributed by atoms with Crippen molar-refractivity contribution in [2.24, 2.45) is 0 Å². The molecule has 6 nitrogen and oxygen atoms in total. The SMILES string of the molecule is CC/C=C\C/C=C\C/C=C\C/C=C\C/C=C\C/C=C\C/C=C\C/C=C\C/C=C\CCCC(=O)OCC(COC(=O)CCCCCCCCCCCCC)OC(=O)CCCCCCCC/C=C\C/C=C\C/C=C\CCCCCCC. The highest BCUT2D eigenvalue weighted by Gasteiger charge is 2.19. The second-order valence-electron chi connectivity index (χ2n) is 20.9. The van der Waals surface area contributed by atoms with Gasteiger partial charge in [-0.25, -0.2) is 0 Å². The Morgan fingerprint density at radius 3 is 0.823 bits per heavy atom. The van der Waals surface area contributed by atoms with E-state index in [2.05, 4.69) is 167 Å². The van der Waals surface area contributed by atoms with Gasteiger partial charge in [-0.3, -0.25) is 14.4 Å². The average molecular weight is 1090 g/mol. The molecule has 0 heterocycles. The van der Waals surface area contributed by atoms with Crippen LogP contribution in [0.2, 0.25) is 0 Å². The highest BCUT2D eigenvalue weighted by Crippen LogP contribution is 2.14. The van der Waals surface area contributed by atoms with E-state index in [9.17, 15) is 14.4 Å². The summed E-state index contributed by atoms with van der Waals surface area (Å²) in [6, 6.07) is 0. The first-order valence-corrected chi connectivity index (χ1v) is 32.3. The quantitative estimate of drug-likeness (QED) is 0.0261. The zero-order valence-electron chi connectivity index (χ0n) is 51.1. The summed E-state index contributed by atoms with van der Waals surface area (Å²) in [5.41, 5.74) is 0. The van der Waals surface area contributed by atoms with Crippen LogP contribution in [0.1, 0.15) is 278 Å². The topological polar surface area (TPSA) is 78.9 Å². The molecule has 1 unspecified atom stereocenters. The number of unbranched alkanes of at least 4 members (excludes halogenated alkanes) is 22. The standard InChI is InChI=1S/C73H118O6/c1-4-7-10-13-16-19-22-24-26-28-30-32-33-34-35-36-37-38-39-41-42-44-46-48-51-54-57-60-63-66-72(75)78-69-70(68-77-71(74)65-62-59-56-53-50-21-18-15-12-9-6-3)79-73(76)67-64-61-58-55-52-49-47-45-43-40-31-29-27-25-23-20-17-14-11-8-5-2/h7,10,16,19,23-26,29-32,34-35,37-38,41-43,45-46,48,54,57,70H,4-6,8-9,11-15,17-18,20-22,27-28,33,36,39-40,44,47,49-53,55-56,58-69H2,1-3H3/b10-7-,19-16-,25-23-,26-24-,31-29-,32-30-,35-34-,38-37-,42-41-,45-43-,48-46-,57-54-. The fraction of sp³-hybridized carbons (Fsp3) is 0.630. The molecular formula is C73H118O6. The third-order valence-corrected chi connectivity index (χ3v) is 13.3. The van der Waals surface area contributed by atoms with Crippen LogP contribution in [0.5, 0.6) is 0 Å². The lowest BCUT2D eigenvalue weighted by Gasteiger charge is -2.18. The summed E-state index contributed by atoms with van der Waals surface area (Å²) in [6.45, 7) is 6.45. The molecule has 0 bridgehead atoms. The van der Waals surface area contributed by atoms with Crippen molar-refractivity contribution in [1.82, 2.24) is 0 Å². The van der Waals surface area contributed by atoms with Crippen LogP contribution < -0.4 is 0 Å². The van der Waals surface area contributed by atoms with Crippen molar-refractivity contribution in [1.29, 1.82) is 0 Å². The molecule has 0 saturated heterocycles. The lowest BCUT2D eigenvalue weighted by molar-refractivity contribution is -0.167. The normalized spacial score (nSPS) is 13.1. The minimum Gasteiger partial charge on any atom is -0.462 e. The van der Waals surface area contributed by atoms with Crippen LogP contribution >= 0.6 is 0 Å². The monoisotopic (exact) mass is 1090 g/mol. The molecule has 0 amide bonds. The van der Waals surface area contributed by atoms with Crippen molar-refractivity contribution in [3.63, 3.8) is 0 Å². The molecule has 0 aromatic rings. The zero-order chi connectivity index (χ0) is 57.1. The number of allylic oxidation sites excluding steroid dienone is 24. The third-order valence-electron chi connectivity index (χ3n) is 13.3.